The van der Waals surface area contributed by atoms with E-state index in [2.05, 4.69) is 13.0 Å². The average Bonchev–Trinajstić information content (AvgIpc) is 2.92. The minimum absolute atomic E-state index is 0.0320. The number of likely N-dealkylation sites (N-methyl/N-ethyl adjacent to an activating group) is 1. The van der Waals surface area contributed by atoms with Crippen LogP contribution in [0, 0.1) is 0 Å². The van der Waals surface area contributed by atoms with Crippen molar-refractivity contribution in [2.75, 3.05) is 41.5 Å². The fourth-order valence-electron chi connectivity index (χ4n) is 4.35. The number of hydrogen-bond acceptors (Lipinski definition) is 5. The number of benzene rings is 2. The number of allylic oxidation sites excluding steroid dienone is 3. The number of unbranched alkanes of at least 4 members (excludes halogenated alkanes) is 2. The number of carbonyl (C=O) groups excluding carboxylic acids is 2. The molecular formula is C30H38N2O5. The Bertz CT molecular complexity index is 1100. The van der Waals surface area contributed by atoms with Gasteiger partial charge in [0.05, 0.1) is 21.3 Å². The number of methoxy groups -OCH3 is 3. The van der Waals surface area contributed by atoms with Crippen molar-refractivity contribution in [1.82, 2.24) is 9.80 Å². The molecule has 198 valence electrons. The SMILES string of the molecule is CCCC/C=C/C=C/CN1CC(=O)N(C)[C@@H](Cc2ccc(-c3cc(OC)c(OC)c(OC)c3)cc2)C1=O. The second-order valence-corrected chi connectivity index (χ2v) is 9.05. The van der Waals surface area contributed by atoms with Gasteiger partial charge in [-0.3, -0.25) is 9.59 Å². The fourth-order valence-corrected chi connectivity index (χ4v) is 4.35. The summed E-state index contributed by atoms with van der Waals surface area (Å²) in [5.74, 6) is 1.63. The summed E-state index contributed by atoms with van der Waals surface area (Å²) >= 11 is 0. The molecule has 0 aliphatic carbocycles. The minimum atomic E-state index is -0.526. The van der Waals surface area contributed by atoms with Gasteiger partial charge in [-0.25, -0.2) is 0 Å². The van der Waals surface area contributed by atoms with Gasteiger partial charge in [-0.15, -0.1) is 0 Å². The van der Waals surface area contributed by atoms with Gasteiger partial charge in [0.1, 0.15) is 12.6 Å². The number of carbonyl (C=O) groups is 2. The van der Waals surface area contributed by atoms with Crippen LogP contribution in [-0.4, -0.2) is 69.1 Å². The molecule has 7 nitrogen and oxygen atoms in total. The molecule has 2 aromatic carbocycles. The molecule has 2 amide bonds. The highest BCUT2D eigenvalue weighted by Crippen LogP contribution is 2.41. The van der Waals surface area contributed by atoms with Crippen LogP contribution in [0.4, 0.5) is 0 Å². The monoisotopic (exact) mass is 506 g/mol. The van der Waals surface area contributed by atoms with Crippen molar-refractivity contribution in [3.8, 4) is 28.4 Å². The Balaban J connectivity index is 1.71. The Morgan fingerprint density at radius 3 is 2.16 bits per heavy atom. The van der Waals surface area contributed by atoms with Gasteiger partial charge in [-0.05, 0) is 35.2 Å². The normalized spacial score (nSPS) is 16.2. The summed E-state index contributed by atoms with van der Waals surface area (Å²) in [5.41, 5.74) is 2.87. The van der Waals surface area contributed by atoms with Gasteiger partial charge in [0.15, 0.2) is 11.5 Å². The summed E-state index contributed by atoms with van der Waals surface area (Å²) in [6, 6.07) is 11.2. The zero-order valence-electron chi connectivity index (χ0n) is 22.5. The van der Waals surface area contributed by atoms with Gasteiger partial charge in [-0.2, -0.15) is 0 Å². The van der Waals surface area contributed by atoms with Crippen LogP contribution in [0.15, 0.2) is 60.7 Å². The van der Waals surface area contributed by atoms with Crippen molar-refractivity contribution in [3.05, 3.63) is 66.3 Å². The third kappa shape index (κ3) is 6.94. The van der Waals surface area contributed by atoms with E-state index in [9.17, 15) is 9.59 Å². The largest absolute Gasteiger partial charge is 0.493 e. The first-order chi connectivity index (χ1) is 17.9. The summed E-state index contributed by atoms with van der Waals surface area (Å²) < 4.78 is 16.4. The Labute approximate surface area is 220 Å². The van der Waals surface area contributed by atoms with Crippen molar-refractivity contribution in [1.29, 1.82) is 0 Å². The van der Waals surface area contributed by atoms with E-state index in [4.69, 9.17) is 14.2 Å². The predicted molar refractivity (Wildman–Crippen MR) is 146 cm³/mol. The van der Waals surface area contributed by atoms with Gasteiger partial charge in [0.25, 0.3) is 0 Å². The molecule has 7 heteroatoms. The Kier molecular flexibility index (Phi) is 10.2. The minimum Gasteiger partial charge on any atom is -0.493 e. The maximum absolute atomic E-state index is 13.2. The summed E-state index contributed by atoms with van der Waals surface area (Å²) in [5, 5.41) is 0. The Morgan fingerprint density at radius 1 is 0.919 bits per heavy atom. The van der Waals surface area contributed by atoms with Gasteiger partial charge < -0.3 is 24.0 Å². The second kappa shape index (κ2) is 13.5. The molecule has 0 aromatic heterocycles. The van der Waals surface area contributed by atoms with Crippen molar-refractivity contribution in [2.24, 2.45) is 0 Å². The molecule has 1 fully saturated rings. The van der Waals surface area contributed by atoms with E-state index < -0.39 is 6.04 Å². The topological polar surface area (TPSA) is 68.3 Å². The molecule has 37 heavy (non-hydrogen) atoms. The lowest BCUT2D eigenvalue weighted by atomic mass is 9.98. The van der Waals surface area contributed by atoms with Crippen molar-refractivity contribution in [3.63, 3.8) is 0 Å². The van der Waals surface area contributed by atoms with E-state index >= 15 is 0 Å². The van der Waals surface area contributed by atoms with E-state index in [-0.39, 0.29) is 18.4 Å². The highest BCUT2D eigenvalue weighted by Gasteiger charge is 2.36. The molecule has 1 aliphatic heterocycles. The molecule has 0 unspecified atom stereocenters. The highest BCUT2D eigenvalue weighted by molar-refractivity contribution is 5.95. The average molecular weight is 507 g/mol. The summed E-state index contributed by atoms with van der Waals surface area (Å²) in [7, 11) is 6.46. The van der Waals surface area contributed by atoms with Crippen LogP contribution in [0.25, 0.3) is 11.1 Å². The molecule has 0 saturated carbocycles. The van der Waals surface area contributed by atoms with Gasteiger partial charge in [0, 0.05) is 20.0 Å². The van der Waals surface area contributed by atoms with E-state index in [0.29, 0.717) is 30.2 Å². The lowest BCUT2D eigenvalue weighted by Crippen LogP contribution is -2.59. The zero-order chi connectivity index (χ0) is 26.8. The molecule has 2 aromatic rings. The quantitative estimate of drug-likeness (QED) is 0.303. The molecule has 1 aliphatic rings. The lowest BCUT2D eigenvalue weighted by Gasteiger charge is -2.38. The predicted octanol–water partition coefficient (Wildman–Crippen LogP) is 4.89. The summed E-state index contributed by atoms with van der Waals surface area (Å²) in [4.78, 5) is 29.1. The molecule has 0 N–H and O–H groups in total. The van der Waals surface area contributed by atoms with Gasteiger partial charge >= 0.3 is 0 Å². The van der Waals surface area contributed by atoms with Crippen molar-refractivity contribution < 1.29 is 23.8 Å². The highest BCUT2D eigenvalue weighted by atomic mass is 16.5. The van der Waals surface area contributed by atoms with Crippen molar-refractivity contribution >= 4 is 11.8 Å². The van der Waals surface area contributed by atoms with Crippen LogP contribution in [0.3, 0.4) is 0 Å². The van der Waals surface area contributed by atoms with Gasteiger partial charge in [-0.1, -0.05) is 68.3 Å². The Hall–Kier alpha value is -3.74. The van der Waals surface area contributed by atoms with E-state index in [1.807, 2.05) is 54.6 Å². The Morgan fingerprint density at radius 2 is 1.57 bits per heavy atom. The number of ether oxygens (including phenoxy) is 3. The standard InChI is InChI=1S/C30H38N2O5/c1-6-7-8-9-10-11-12-17-32-21-28(33)31(2)25(30(32)34)18-22-13-15-23(16-14-22)24-19-26(35-3)29(37-5)27(20-24)36-4/h9-16,19-20,25H,6-8,17-18,21H2,1-5H3/b10-9+,12-11+/t25-/m0/s1. The van der Waals surface area contributed by atoms with Crippen LogP contribution in [0.1, 0.15) is 31.7 Å². The van der Waals surface area contributed by atoms with Crippen LogP contribution < -0.4 is 14.2 Å². The van der Waals surface area contributed by atoms with Crippen molar-refractivity contribution in [2.45, 2.75) is 38.6 Å². The van der Waals surface area contributed by atoms with Crippen LogP contribution in [-0.2, 0) is 16.0 Å². The molecule has 0 radical (unpaired) electrons. The molecule has 1 heterocycles. The zero-order valence-corrected chi connectivity index (χ0v) is 22.5. The molecule has 3 rings (SSSR count). The fraction of sp³-hybridized carbons (Fsp3) is 0.400. The molecule has 1 atom stereocenters. The number of amides is 2. The van der Waals surface area contributed by atoms with Crippen LogP contribution >= 0.6 is 0 Å². The second-order valence-electron chi connectivity index (χ2n) is 9.05. The van der Waals surface area contributed by atoms with E-state index in [1.165, 1.54) is 12.8 Å². The van der Waals surface area contributed by atoms with E-state index in [1.54, 1.807) is 38.2 Å². The first kappa shape index (κ1) is 27.8. The first-order valence-corrected chi connectivity index (χ1v) is 12.7. The molecule has 0 spiro atoms. The number of hydrogen-bond donors (Lipinski definition) is 0. The molecule has 1 saturated heterocycles. The van der Waals surface area contributed by atoms with E-state index in [0.717, 1.165) is 23.1 Å². The third-order valence-corrected chi connectivity index (χ3v) is 6.60. The number of rotatable bonds is 12. The molecular weight excluding hydrogens is 468 g/mol. The van der Waals surface area contributed by atoms with Crippen LogP contribution in [0.2, 0.25) is 0 Å². The number of piperazine rings is 1. The summed E-state index contributed by atoms with van der Waals surface area (Å²) in [6.07, 6.45) is 11.8. The third-order valence-electron chi connectivity index (χ3n) is 6.60. The maximum Gasteiger partial charge on any atom is 0.246 e. The maximum atomic E-state index is 13.2. The smallest absolute Gasteiger partial charge is 0.246 e. The first-order valence-electron chi connectivity index (χ1n) is 12.7. The van der Waals surface area contributed by atoms with Gasteiger partial charge in [0.2, 0.25) is 17.6 Å². The number of nitrogens with zero attached hydrogens (tertiary/aromatic N) is 2. The van der Waals surface area contributed by atoms with Crippen LogP contribution in [0.5, 0.6) is 17.2 Å². The lowest BCUT2D eigenvalue weighted by molar-refractivity contribution is -0.153. The molecule has 0 bridgehead atoms. The summed E-state index contributed by atoms with van der Waals surface area (Å²) in [6.45, 7) is 2.70.